The van der Waals surface area contributed by atoms with Gasteiger partial charge in [-0.15, -0.1) is 0 Å². The lowest BCUT2D eigenvalue weighted by molar-refractivity contribution is -0.0167. The molecule has 0 amide bonds. The lowest BCUT2D eigenvalue weighted by atomic mass is 10.1. The van der Waals surface area contributed by atoms with E-state index in [2.05, 4.69) is 42.3 Å². The van der Waals surface area contributed by atoms with Crippen LogP contribution >= 0.6 is 28.1 Å². The summed E-state index contributed by atoms with van der Waals surface area (Å²) in [6.07, 6.45) is 2.56. The van der Waals surface area contributed by atoms with E-state index in [4.69, 9.17) is 9.47 Å². The molecule has 0 unspecified atom stereocenters. The van der Waals surface area contributed by atoms with Gasteiger partial charge in [0.1, 0.15) is 12.9 Å². The molecule has 27 heavy (non-hydrogen) atoms. The number of hydrogen-bond donors (Lipinski definition) is 2. The molecule has 1 heterocycles. The molecule has 0 fully saturated rings. The maximum atomic E-state index is 5.93. The maximum absolute atomic E-state index is 5.93. The predicted octanol–water partition coefficient (Wildman–Crippen LogP) is 5.07. The SMILES string of the molecule is CCCNSNc1ncnc(OCCOC(C)(C)C)c1-c1ccc(Br)cc1. The second kappa shape index (κ2) is 10.8. The summed E-state index contributed by atoms with van der Waals surface area (Å²) in [7, 11) is 0. The Morgan fingerprint density at radius 3 is 2.52 bits per heavy atom. The number of hydrogen-bond acceptors (Lipinski definition) is 7. The molecule has 0 saturated heterocycles. The van der Waals surface area contributed by atoms with Crippen molar-refractivity contribution in [1.82, 2.24) is 14.7 Å². The van der Waals surface area contributed by atoms with Gasteiger partial charge in [-0.05, 0) is 44.9 Å². The van der Waals surface area contributed by atoms with Crippen LogP contribution in [0.5, 0.6) is 5.88 Å². The molecule has 0 bridgehead atoms. The molecule has 1 aromatic heterocycles. The van der Waals surface area contributed by atoms with Gasteiger partial charge in [-0.2, -0.15) is 0 Å². The average molecular weight is 455 g/mol. The third-order valence-electron chi connectivity index (χ3n) is 3.37. The van der Waals surface area contributed by atoms with Gasteiger partial charge in [-0.1, -0.05) is 35.0 Å². The molecule has 0 aliphatic carbocycles. The summed E-state index contributed by atoms with van der Waals surface area (Å²) in [5, 5.41) is 0. The van der Waals surface area contributed by atoms with Crippen LogP contribution in [0.4, 0.5) is 5.82 Å². The van der Waals surface area contributed by atoms with E-state index in [9.17, 15) is 0 Å². The molecule has 0 radical (unpaired) electrons. The molecule has 0 aliphatic rings. The number of halogens is 1. The number of aromatic nitrogens is 2. The van der Waals surface area contributed by atoms with Crippen molar-refractivity contribution in [2.75, 3.05) is 24.5 Å². The second-order valence-electron chi connectivity index (χ2n) is 6.82. The number of anilines is 1. The van der Waals surface area contributed by atoms with Crippen molar-refractivity contribution in [1.29, 1.82) is 0 Å². The van der Waals surface area contributed by atoms with Crippen LogP contribution in [-0.2, 0) is 4.74 Å². The van der Waals surface area contributed by atoms with E-state index < -0.39 is 0 Å². The summed E-state index contributed by atoms with van der Waals surface area (Å²) in [6.45, 7) is 10.00. The highest BCUT2D eigenvalue weighted by atomic mass is 79.9. The molecule has 0 atom stereocenters. The van der Waals surface area contributed by atoms with Crippen LogP contribution in [0.2, 0.25) is 0 Å². The number of ether oxygens (including phenoxy) is 2. The summed E-state index contributed by atoms with van der Waals surface area (Å²) in [4.78, 5) is 8.74. The predicted molar refractivity (Wildman–Crippen MR) is 116 cm³/mol. The Hall–Kier alpha value is -1.35. The molecule has 2 aromatic rings. The van der Waals surface area contributed by atoms with Crippen molar-refractivity contribution >= 4 is 33.9 Å². The summed E-state index contributed by atoms with van der Waals surface area (Å²) in [5.41, 5.74) is 1.61. The van der Waals surface area contributed by atoms with E-state index in [0.717, 1.165) is 28.6 Å². The van der Waals surface area contributed by atoms with Gasteiger partial charge in [0.15, 0.2) is 5.82 Å². The molecule has 6 nitrogen and oxygen atoms in total. The van der Waals surface area contributed by atoms with Crippen LogP contribution in [0, 0.1) is 0 Å². The van der Waals surface area contributed by atoms with Gasteiger partial charge in [-0.3, -0.25) is 0 Å². The standard InChI is InChI=1S/C19H27BrN4O2S/c1-5-10-23-27-24-17-16(14-6-8-15(20)9-7-14)18(22-13-21-17)25-11-12-26-19(2,3)4/h6-9,13,23H,5,10-12H2,1-4H3,(H,21,22,24). The van der Waals surface area contributed by atoms with Gasteiger partial charge in [0.2, 0.25) is 5.88 Å². The average Bonchev–Trinajstić information content (AvgIpc) is 2.63. The van der Waals surface area contributed by atoms with E-state index in [-0.39, 0.29) is 5.60 Å². The van der Waals surface area contributed by atoms with Gasteiger partial charge < -0.3 is 14.2 Å². The van der Waals surface area contributed by atoms with Crippen LogP contribution in [0.25, 0.3) is 11.1 Å². The van der Waals surface area contributed by atoms with Crippen molar-refractivity contribution in [3.8, 4) is 17.0 Å². The van der Waals surface area contributed by atoms with E-state index >= 15 is 0 Å². The minimum absolute atomic E-state index is 0.197. The quantitative estimate of drug-likeness (QED) is 0.383. The van der Waals surface area contributed by atoms with Crippen molar-refractivity contribution in [3.05, 3.63) is 35.1 Å². The summed E-state index contributed by atoms with van der Waals surface area (Å²) in [5.74, 6) is 1.23. The Kier molecular flexibility index (Phi) is 8.82. The maximum Gasteiger partial charge on any atom is 0.226 e. The van der Waals surface area contributed by atoms with E-state index in [0.29, 0.717) is 24.9 Å². The molecule has 2 N–H and O–H groups in total. The third-order valence-corrected chi connectivity index (χ3v) is 4.55. The molecular formula is C19H27BrN4O2S. The topological polar surface area (TPSA) is 68.3 Å². The molecule has 8 heteroatoms. The fourth-order valence-corrected chi connectivity index (χ4v) is 3.05. The minimum Gasteiger partial charge on any atom is -0.475 e. The Labute approximate surface area is 174 Å². The van der Waals surface area contributed by atoms with Crippen molar-refractivity contribution < 1.29 is 9.47 Å². The zero-order valence-electron chi connectivity index (χ0n) is 16.2. The molecule has 0 spiro atoms. The first-order valence-corrected chi connectivity index (χ1v) is 10.5. The van der Waals surface area contributed by atoms with E-state index in [1.54, 1.807) is 0 Å². The highest BCUT2D eigenvalue weighted by Gasteiger charge is 2.16. The third kappa shape index (κ3) is 7.65. The lowest BCUT2D eigenvalue weighted by Gasteiger charge is -2.20. The zero-order valence-corrected chi connectivity index (χ0v) is 18.6. The van der Waals surface area contributed by atoms with Crippen LogP contribution in [0.15, 0.2) is 35.1 Å². The first-order valence-electron chi connectivity index (χ1n) is 8.93. The minimum atomic E-state index is -0.197. The normalized spacial score (nSPS) is 11.4. The zero-order chi connectivity index (χ0) is 19.7. The first kappa shape index (κ1) is 21.9. The van der Waals surface area contributed by atoms with Crippen LogP contribution in [0.3, 0.4) is 0 Å². The number of nitrogens with one attached hydrogen (secondary N) is 2. The van der Waals surface area contributed by atoms with Crippen LogP contribution in [0.1, 0.15) is 34.1 Å². The summed E-state index contributed by atoms with van der Waals surface area (Å²) >= 11 is 4.88. The van der Waals surface area contributed by atoms with E-state index in [1.807, 2.05) is 45.0 Å². The number of nitrogens with zero attached hydrogens (tertiary/aromatic N) is 2. The van der Waals surface area contributed by atoms with Gasteiger partial charge in [0, 0.05) is 23.2 Å². The summed E-state index contributed by atoms with van der Waals surface area (Å²) < 4.78 is 19.2. The van der Waals surface area contributed by atoms with Crippen molar-refractivity contribution in [3.63, 3.8) is 0 Å². The number of benzene rings is 1. The van der Waals surface area contributed by atoms with Gasteiger partial charge in [0.05, 0.1) is 17.8 Å². The summed E-state index contributed by atoms with van der Waals surface area (Å²) in [6, 6.07) is 8.00. The Morgan fingerprint density at radius 1 is 1.11 bits per heavy atom. The van der Waals surface area contributed by atoms with Crippen LogP contribution < -0.4 is 14.2 Å². The lowest BCUT2D eigenvalue weighted by Crippen LogP contribution is -2.22. The highest BCUT2D eigenvalue weighted by Crippen LogP contribution is 2.35. The van der Waals surface area contributed by atoms with Crippen LogP contribution in [-0.4, -0.2) is 35.3 Å². The Bertz CT molecular complexity index is 708. The molecule has 1 aromatic carbocycles. The Morgan fingerprint density at radius 2 is 1.85 bits per heavy atom. The number of rotatable bonds is 10. The molecule has 2 rings (SSSR count). The monoisotopic (exact) mass is 454 g/mol. The molecular weight excluding hydrogens is 428 g/mol. The van der Waals surface area contributed by atoms with E-state index in [1.165, 1.54) is 18.5 Å². The van der Waals surface area contributed by atoms with Gasteiger partial charge in [-0.25, -0.2) is 14.7 Å². The fraction of sp³-hybridized carbons (Fsp3) is 0.474. The van der Waals surface area contributed by atoms with Gasteiger partial charge >= 0.3 is 0 Å². The van der Waals surface area contributed by atoms with Crippen molar-refractivity contribution in [2.45, 2.75) is 39.7 Å². The molecule has 0 aliphatic heterocycles. The highest BCUT2D eigenvalue weighted by molar-refractivity contribution is 9.10. The van der Waals surface area contributed by atoms with Crippen molar-refractivity contribution in [2.24, 2.45) is 0 Å². The fourth-order valence-electron chi connectivity index (χ4n) is 2.16. The molecule has 0 saturated carbocycles. The largest absolute Gasteiger partial charge is 0.475 e. The first-order chi connectivity index (χ1) is 12.9. The molecule has 148 valence electrons. The smallest absolute Gasteiger partial charge is 0.226 e. The Balaban J connectivity index is 2.19. The van der Waals surface area contributed by atoms with Gasteiger partial charge in [0.25, 0.3) is 0 Å². The second-order valence-corrected chi connectivity index (χ2v) is 8.43.